The van der Waals surface area contributed by atoms with E-state index in [0.717, 1.165) is 11.3 Å². The maximum Gasteiger partial charge on any atom is 0.181 e. The maximum absolute atomic E-state index is 11.0. The highest BCUT2D eigenvalue weighted by Crippen LogP contribution is 2.17. The molecule has 0 radical (unpaired) electrons. The molecule has 0 aliphatic heterocycles. The van der Waals surface area contributed by atoms with Crippen LogP contribution in [0.15, 0.2) is 53.6 Å². The molecule has 4 nitrogen and oxygen atoms in total. The van der Waals surface area contributed by atoms with Crippen LogP contribution in [0.2, 0.25) is 0 Å². The molecule has 0 bridgehead atoms. The first-order valence-electron chi connectivity index (χ1n) is 6.33. The van der Waals surface area contributed by atoms with Crippen LogP contribution in [0.1, 0.15) is 18.5 Å². The third-order valence-corrected chi connectivity index (χ3v) is 2.89. The Morgan fingerprint density at radius 1 is 1.16 bits per heavy atom. The van der Waals surface area contributed by atoms with E-state index in [1.807, 2.05) is 35.8 Å². The summed E-state index contributed by atoms with van der Waals surface area (Å²) in [6, 6.07) is 10.7. The Morgan fingerprint density at radius 2 is 1.79 bits per heavy atom. The van der Waals surface area contributed by atoms with E-state index in [2.05, 4.69) is 0 Å². The van der Waals surface area contributed by atoms with Gasteiger partial charge in [0, 0.05) is 37.1 Å². The van der Waals surface area contributed by atoms with Gasteiger partial charge in [-0.05, 0) is 24.6 Å². The Bertz CT molecular complexity index is 555. The second kappa shape index (κ2) is 6.20. The monoisotopic (exact) mass is 258 g/mol. The van der Waals surface area contributed by atoms with Crippen LogP contribution in [0.4, 0.5) is 0 Å². The first-order chi connectivity index (χ1) is 9.19. The first-order valence-corrected chi connectivity index (χ1v) is 6.33. The van der Waals surface area contributed by atoms with Crippen LogP contribution in [-0.2, 0) is 6.54 Å². The quantitative estimate of drug-likeness (QED) is 0.891. The van der Waals surface area contributed by atoms with E-state index >= 15 is 0 Å². The lowest BCUT2D eigenvalue weighted by Crippen LogP contribution is -2.18. The van der Waals surface area contributed by atoms with Crippen LogP contribution < -0.4 is 15.9 Å². The van der Waals surface area contributed by atoms with Gasteiger partial charge in [0.05, 0.1) is 6.61 Å². The second-order valence-corrected chi connectivity index (χ2v) is 4.34. The van der Waals surface area contributed by atoms with Gasteiger partial charge in [-0.1, -0.05) is 12.1 Å². The summed E-state index contributed by atoms with van der Waals surface area (Å²) in [6.07, 6.45) is 3.49. The summed E-state index contributed by atoms with van der Waals surface area (Å²) in [5.41, 5.74) is 7.20. The Balaban J connectivity index is 2.04. The number of nitrogens with two attached hydrogens (primary N) is 1. The van der Waals surface area contributed by atoms with Crippen molar-refractivity contribution < 1.29 is 4.74 Å². The highest BCUT2D eigenvalue weighted by molar-refractivity contribution is 5.29. The molecular weight excluding hydrogens is 240 g/mol. The molecule has 1 aromatic heterocycles. The zero-order valence-electron chi connectivity index (χ0n) is 11.0. The number of aromatic nitrogens is 1. The molecule has 0 spiro atoms. The third-order valence-electron chi connectivity index (χ3n) is 2.89. The summed E-state index contributed by atoms with van der Waals surface area (Å²) in [6.45, 7) is 3.24. The number of benzene rings is 1. The van der Waals surface area contributed by atoms with Crippen molar-refractivity contribution in [3.05, 3.63) is 64.6 Å². The van der Waals surface area contributed by atoms with E-state index < -0.39 is 0 Å². The van der Waals surface area contributed by atoms with Crippen LogP contribution in [-0.4, -0.2) is 11.2 Å². The smallest absolute Gasteiger partial charge is 0.181 e. The van der Waals surface area contributed by atoms with E-state index in [-0.39, 0.29) is 11.5 Å². The van der Waals surface area contributed by atoms with E-state index in [0.29, 0.717) is 13.2 Å². The zero-order chi connectivity index (χ0) is 13.7. The molecule has 1 heterocycles. The predicted octanol–water partition coefficient (Wildman–Crippen LogP) is 1.95. The van der Waals surface area contributed by atoms with Gasteiger partial charge in [0.2, 0.25) is 0 Å². The lowest BCUT2D eigenvalue weighted by atomic mass is 10.1. The van der Waals surface area contributed by atoms with Gasteiger partial charge in [-0.3, -0.25) is 4.79 Å². The minimum absolute atomic E-state index is 0.00545. The molecule has 0 aliphatic rings. The molecule has 2 aromatic rings. The molecule has 19 heavy (non-hydrogen) atoms. The number of rotatable bonds is 5. The summed E-state index contributed by atoms with van der Waals surface area (Å²) in [5, 5.41) is 0. The lowest BCUT2D eigenvalue weighted by Gasteiger charge is -2.14. The van der Waals surface area contributed by atoms with Crippen molar-refractivity contribution in [2.24, 2.45) is 5.73 Å². The molecule has 0 aliphatic carbocycles. The van der Waals surface area contributed by atoms with Gasteiger partial charge in [-0.15, -0.1) is 0 Å². The van der Waals surface area contributed by atoms with Gasteiger partial charge in [-0.25, -0.2) is 0 Å². The van der Waals surface area contributed by atoms with Gasteiger partial charge in [0.1, 0.15) is 5.75 Å². The van der Waals surface area contributed by atoms with Crippen molar-refractivity contribution >= 4 is 0 Å². The van der Waals surface area contributed by atoms with Gasteiger partial charge in [0.25, 0.3) is 0 Å². The molecule has 0 saturated carbocycles. The van der Waals surface area contributed by atoms with E-state index in [9.17, 15) is 4.79 Å². The minimum atomic E-state index is -0.113. The second-order valence-electron chi connectivity index (χ2n) is 4.34. The molecule has 2 N–H and O–H groups in total. The number of nitrogens with zero attached hydrogens (tertiary/aromatic N) is 1. The number of hydrogen-bond acceptors (Lipinski definition) is 3. The first kappa shape index (κ1) is 13.4. The fraction of sp³-hybridized carbons (Fsp3) is 0.267. The average Bonchev–Trinajstić information content (AvgIpc) is 2.42. The number of ether oxygens (including phenoxy) is 1. The highest BCUT2D eigenvalue weighted by Gasteiger charge is 2.06. The van der Waals surface area contributed by atoms with E-state index in [4.69, 9.17) is 10.5 Å². The molecule has 0 saturated heterocycles. The molecule has 1 aromatic carbocycles. The average molecular weight is 258 g/mol. The number of hydrogen-bond donors (Lipinski definition) is 1. The van der Waals surface area contributed by atoms with Crippen LogP contribution in [0, 0.1) is 0 Å². The molecule has 0 fully saturated rings. The molecule has 2 rings (SSSR count). The minimum Gasteiger partial charge on any atom is -0.494 e. The fourth-order valence-electron chi connectivity index (χ4n) is 1.88. The summed E-state index contributed by atoms with van der Waals surface area (Å²) < 4.78 is 7.30. The molecule has 1 atom stereocenters. The van der Waals surface area contributed by atoms with Gasteiger partial charge in [0.15, 0.2) is 5.43 Å². The SMILES string of the molecule is CCOc1ccc(C(N)Cn2ccc(=O)cc2)cc1. The van der Waals surface area contributed by atoms with Crippen molar-refractivity contribution in [3.63, 3.8) is 0 Å². The normalized spacial score (nSPS) is 12.1. The van der Waals surface area contributed by atoms with Crippen molar-refractivity contribution in [2.45, 2.75) is 19.5 Å². The van der Waals surface area contributed by atoms with Crippen LogP contribution in [0.25, 0.3) is 0 Å². The summed E-state index contributed by atoms with van der Waals surface area (Å²) in [7, 11) is 0. The summed E-state index contributed by atoms with van der Waals surface area (Å²) in [5.74, 6) is 0.849. The van der Waals surface area contributed by atoms with Gasteiger partial charge in [-0.2, -0.15) is 0 Å². The van der Waals surface area contributed by atoms with Crippen molar-refractivity contribution in [1.82, 2.24) is 4.57 Å². The van der Waals surface area contributed by atoms with Crippen molar-refractivity contribution in [1.29, 1.82) is 0 Å². The predicted molar refractivity (Wildman–Crippen MR) is 75.2 cm³/mol. The van der Waals surface area contributed by atoms with Gasteiger partial charge < -0.3 is 15.0 Å². The topological polar surface area (TPSA) is 57.2 Å². The summed E-state index contributed by atoms with van der Waals surface area (Å²) >= 11 is 0. The molecule has 1 unspecified atom stereocenters. The Hall–Kier alpha value is -2.07. The Labute approximate surface area is 112 Å². The molecule has 0 amide bonds. The van der Waals surface area contributed by atoms with Crippen molar-refractivity contribution in [3.8, 4) is 5.75 Å². The molecule has 100 valence electrons. The highest BCUT2D eigenvalue weighted by atomic mass is 16.5. The standard InChI is InChI=1S/C15H18N2O2/c1-2-19-14-5-3-12(4-6-14)15(16)11-17-9-7-13(18)8-10-17/h3-10,15H,2,11,16H2,1H3. The molecule has 4 heteroatoms. The number of pyridine rings is 1. The van der Waals surface area contributed by atoms with E-state index in [1.54, 1.807) is 12.4 Å². The summed E-state index contributed by atoms with van der Waals surface area (Å²) in [4.78, 5) is 11.0. The van der Waals surface area contributed by atoms with Crippen LogP contribution in [0.3, 0.4) is 0 Å². The van der Waals surface area contributed by atoms with E-state index in [1.165, 1.54) is 12.1 Å². The van der Waals surface area contributed by atoms with Gasteiger partial charge >= 0.3 is 0 Å². The Kier molecular flexibility index (Phi) is 4.36. The van der Waals surface area contributed by atoms with Crippen LogP contribution >= 0.6 is 0 Å². The lowest BCUT2D eigenvalue weighted by molar-refractivity contribution is 0.340. The largest absolute Gasteiger partial charge is 0.494 e. The third kappa shape index (κ3) is 3.69. The Morgan fingerprint density at radius 3 is 2.37 bits per heavy atom. The van der Waals surface area contributed by atoms with Crippen molar-refractivity contribution in [2.75, 3.05) is 6.61 Å². The zero-order valence-corrected chi connectivity index (χ0v) is 11.0. The maximum atomic E-state index is 11.0. The van der Waals surface area contributed by atoms with Crippen LogP contribution in [0.5, 0.6) is 5.75 Å². The fourth-order valence-corrected chi connectivity index (χ4v) is 1.88. The molecular formula is C15H18N2O2.